The van der Waals surface area contributed by atoms with Gasteiger partial charge >= 0.3 is 0 Å². The van der Waals surface area contributed by atoms with Gasteiger partial charge in [-0.05, 0) is 37.0 Å². The molecule has 1 aromatic carbocycles. The van der Waals surface area contributed by atoms with Crippen LogP contribution >= 0.6 is 0 Å². The van der Waals surface area contributed by atoms with Crippen LogP contribution in [0, 0.1) is 11.8 Å². The summed E-state index contributed by atoms with van der Waals surface area (Å²) < 4.78 is 11.9. The lowest BCUT2D eigenvalue weighted by atomic mass is 9.62. The maximum absolute atomic E-state index is 11.7. The number of fused-ring (bicyclic) bond motifs is 2. The van der Waals surface area contributed by atoms with Gasteiger partial charge in [0.25, 0.3) is 0 Å². The second-order valence-corrected chi connectivity index (χ2v) is 7.74. The van der Waals surface area contributed by atoms with Gasteiger partial charge in [-0.1, -0.05) is 18.6 Å². The number of piperidine rings is 1. The van der Waals surface area contributed by atoms with Crippen LogP contribution in [-0.4, -0.2) is 50.3 Å². The molecule has 5 heteroatoms. The van der Waals surface area contributed by atoms with Crippen molar-refractivity contribution in [3.05, 3.63) is 35.4 Å². The number of likely N-dealkylation sites (tertiary alicyclic amines) is 1. The van der Waals surface area contributed by atoms with Crippen LogP contribution < -0.4 is 5.73 Å². The average molecular weight is 344 g/mol. The molecule has 2 bridgehead atoms. The summed E-state index contributed by atoms with van der Waals surface area (Å²) in [5, 5.41) is 0. The quantitative estimate of drug-likeness (QED) is 0.909. The molecule has 1 aliphatic carbocycles. The highest BCUT2D eigenvalue weighted by Crippen LogP contribution is 2.52. The van der Waals surface area contributed by atoms with E-state index in [4.69, 9.17) is 15.2 Å². The molecule has 0 spiro atoms. The largest absolute Gasteiger partial charge is 0.380 e. The van der Waals surface area contributed by atoms with Crippen molar-refractivity contribution in [2.75, 3.05) is 33.4 Å². The van der Waals surface area contributed by atoms with Crippen molar-refractivity contribution in [3.8, 4) is 0 Å². The number of carbonyl (C=O) groups is 1. The Kier molecular flexibility index (Phi) is 4.56. The van der Waals surface area contributed by atoms with Crippen LogP contribution in [0.4, 0.5) is 0 Å². The summed E-state index contributed by atoms with van der Waals surface area (Å²) in [6.07, 6.45) is 4.71. The van der Waals surface area contributed by atoms with Gasteiger partial charge < -0.3 is 15.2 Å². The topological polar surface area (TPSA) is 64.8 Å². The number of rotatable bonds is 4. The van der Waals surface area contributed by atoms with Crippen LogP contribution in [0.5, 0.6) is 0 Å². The van der Waals surface area contributed by atoms with E-state index in [9.17, 15) is 4.79 Å². The second-order valence-electron chi connectivity index (χ2n) is 7.74. The Labute approximate surface area is 149 Å². The van der Waals surface area contributed by atoms with Crippen molar-refractivity contribution in [3.63, 3.8) is 0 Å². The summed E-state index contributed by atoms with van der Waals surface area (Å²) in [7, 11) is 1.83. The molecular weight excluding hydrogens is 316 g/mol. The fraction of sp³-hybridized carbons (Fsp3) is 0.650. The molecule has 3 unspecified atom stereocenters. The van der Waals surface area contributed by atoms with Crippen molar-refractivity contribution < 1.29 is 14.3 Å². The number of benzene rings is 1. The number of hydrogen-bond donors (Lipinski definition) is 1. The molecule has 5 nitrogen and oxygen atoms in total. The molecule has 1 aromatic rings. The molecule has 4 rings (SSSR count). The zero-order valence-electron chi connectivity index (χ0n) is 14.9. The molecule has 0 radical (unpaired) electrons. The van der Waals surface area contributed by atoms with Crippen LogP contribution in [0.1, 0.15) is 41.6 Å². The van der Waals surface area contributed by atoms with Crippen LogP contribution in [0.15, 0.2) is 24.3 Å². The standard InChI is InChI=1S/C20H28N2O3/c1-24-20(15-5-2-4-14(10-15)19(21)23)16-6-3-7-17(20)12-22(11-16)18-8-9-25-13-18/h2,4-5,10,16-18H,3,6-9,11-13H2,1H3,(H2,21,23). The van der Waals surface area contributed by atoms with E-state index in [0.717, 1.165) is 51.1 Å². The molecule has 25 heavy (non-hydrogen) atoms. The van der Waals surface area contributed by atoms with Gasteiger partial charge in [-0.2, -0.15) is 0 Å². The third-order valence-corrected chi connectivity index (χ3v) is 6.59. The van der Waals surface area contributed by atoms with E-state index in [1.165, 1.54) is 6.42 Å². The normalized spacial score (nSPS) is 35.6. The highest BCUT2D eigenvalue weighted by molar-refractivity contribution is 5.92. The van der Waals surface area contributed by atoms with Gasteiger partial charge in [0.2, 0.25) is 5.91 Å². The molecule has 1 saturated carbocycles. The van der Waals surface area contributed by atoms with Crippen molar-refractivity contribution in [1.29, 1.82) is 0 Å². The van der Waals surface area contributed by atoms with Crippen molar-refractivity contribution in [2.24, 2.45) is 17.6 Å². The Bertz CT molecular complexity index is 628. The minimum absolute atomic E-state index is 0.306. The van der Waals surface area contributed by atoms with Crippen molar-refractivity contribution in [2.45, 2.75) is 37.3 Å². The molecule has 2 heterocycles. The van der Waals surface area contributed by atoms with Crippen LogP contribution in [-0.2, 0) is 15.1 Å². The fourth-order valence-corrected chi connectivity index (χ4v) is 5.41. The number of carbonyl (C=O) groups excluding carboxylic acids is 1. The molecule has 3 atom stereocenters. The number of nitrogens with two attached hydrogens (primary N) is 1. The van der Waals surface area contributed by atoms with E-state index in [0.29, 0.717) is 23.4 Å². The van der Waals surface area contributed by atoms with Crippen molar-refractivity contribution >= 4 is 5.91 Å². The van der Waals surface area contributed by atoms with Gasteiger partial charge in [-0.3, -0.25) is 9.69 Å². The number of primary amides is 1. The maximum atomic E-state index is 11.7. The summed E-state index contributed by atoms with van der Waals surface area (Å²) >= 11 is 0. The zero-order valence-corrected chi connectivity index (χ0v) is 14.9. The third kappa shape index (κ3) is 2.78. The molecule has 2 saturated heterocycles. The summed E-state index contributed by atoms with van der Waals surface area (Å²) in [5.41, 5.74) is 6.89. The molecule has 3 aliphatic rings. The zero-order chi connectivity index (χ0) is 17.4. The van der Waals surface area contributed by atoms with E-state index < -0.39 is 0 Å². The number of amides is 1. The van der Waals surface area contributed by atoms with Crippen molar-refractivity contribution in [1.82, 2.24) is 4.90 Å². The first-order valence-corrected chi connectivity index (χ1v) is 9.42. The molecule has 2 N–H and O–H groups in total. The Morgan fingerprint density at radius 3 is 2.64 bits per heavy atom. The molecular formula is C20H28N2O3. The van der Waals surface area contributed by atoms with E-state index in [1.807, 2.05) is 19.2 Å². The molecule has 2 aliphatic heterocycles. The number of ether oxygens (including phenoxy) is 2. The second kappa shape index (κ2) is 6.71. The summed E-state index contributed by atoms with van der Waals surface area (Å²) in [4.78, 5) is 14.3. The maximum Gasteiger partial charge on any atom is 0.248 e. The molecule has 3 fully saturated rings. The summed E-state index contributed by atoms with van der Waals surface area (Å²) in [6, 6.07) is 8.33. The summed E-state index contributed by atoms with van der Waals surface area (Å²) in [5.74, 6) is 0.501. The SMILES string of the molecule is COC1(c2cccc(C(N)=O)c2)C2CCCC1CN(C1CCOC1)C2. The average Bonchev–Trinajstić information content (AvgIpc) is 3.15. The highest BCUT2D eigenvalue weighted by Gasteiger charge is 2.54. The minimum atomic E-state index is -0.376. The number of nitrogens with zero attached hydrogens (tertiary/aromatic N) is 1. The van der Waals surface area contributed by atoms with Crippen LogP contribution in [0.2, 0.25) is 0 Å². The molecule has 0 aromatic heterocycles. The van der Waals surface area contributed by atoms with Crippen LogP contribution in [0.25, 0.3) is 0 Å². The monoisotopic (exact) mass is 344 g/mol. The smallest absolute Gasteiger partial charge is 0.248 e. The Morgan fingerprint density at radius 2 is 2.04 bits per heavy atom. The predicted molar refractivity (Wildman–Crippen MR) is 95.3 cm³/mol. The number of methoxy groups -OCH3 is 1. The van der Waals surface area contributed by atoms with Gasteiger partial charge in [-0.15, -0.1) is 0 Å². The number of hydrogen-bond acceptors (Lipinski definition) is 4. The van der Waals surface area contributed by atoms with Gasteiger partial charge in [0.15, 0.2) is 0 Å². The van der Waals surface area contributed by atoms with E-state index >= 15 is 0 Å². The predicted octanol–water partition coefficient (Wildman–Crippen LogP) is 2.15. The van der Waals surface area contributed by atoms with Crippen LogP contribution in [0.3, 0.4) is 0 Å². The Balaban J connectivity index is 1.69. The van der Waals surface area contributed by atoms with E-state index in [-0.39, 0.29) is 11.5 Å². The minimum Gasteiger partial charge on any atom is -0.380 e. The van der Waals surface area contributed by atoms with E-state index in [2.05, 4.69) is 11.0 Å². The van der Waals surface area contributed by atoms with Gasteiger partial charge in [0.05, 0.1) is 6.61 Å². The lowest BCUT2D eigenvalue weighted by Gasteiger charge is -2.56. The first kappa shape index (κ1) is 17.0. The molecule has 136 valence electrons. The summed E-state index contributed by atoms with van der Waals surface area (Å²) in [6.45, 7) is 3.82. The van der Waals surface area contributed by atoms with Gasteiger partial charge in [0.1, 0.15) is 5.60 Å². The Morgan fingerprint density at radius 1 is 1.28 bits per heavy atom. The molecule has 1 amide bonds. The van der Waals surface area contributed by atoms with Gasteiger partial charge in [0, 0.05) is 50.2 Å². The first-order chi connectivity index (χ1) is 12.1. The first-order valence-electron chi connectivity index (χ1n) is 9.42. The third-order valence-electron chi connectivity index (χ3n) is 6.59. The Hall–Kier alpha value is -1.43. The van der Waals surface area contributed by atoms with E-state index in [1.54, 1.807) is 6.07 Å². The lowest BCUT2D eigenvalue weighted by molar-refractivity contribution is -0.174. The highest BCUT2D eigenvalue weighted by atomic mass is 16.5. The lowest BCUT2D eigenvalue weighted by Crippen LogP contribution is -2.61. The fourth-order valence-electron chi connectivity index (χ4n) is 5.41. The van der Waals surface area contributed by atoms with Gasteiger partial charge in [-0.25, -0.2) is 0 Å².